The Morgan fingerprint density at radius 1 is 0.895 bits per heavy atom. The monoisotopic (exact) mass is 524 g/mol. The molecule has 2 atom stereocenters. The molecule has 2 aliphatic rings. The number of carbonyl (C=O) groups excluding carboxylic acids is 1. The van der Waals surface area contributed by atoms with Crippen LogP contribution in [0, 0.1) is 17.5 Å². The molecule has 2 heterocycles. The summed E-state index contributed by atoms with van der Waals surface area (Å²) in [5.74, 6) is -1.58. The molecule has 0 radical (unpaired) electrons. The number of benzene rings is 3. The van der Waals surface area contributed by atoms with Crippen LogP contribution in [-0.2, 0) is 15.1 Å². The molecule has 5 rings (SSSR count). The van der Waals surface area contributed by atoms with E-state index >= 15 is 0 Å². The summed E-state index contributed by atoms with van der Waals surface area (Å²) in [6.07, 6.45) is 0.742. The van der Waals surface area contributed by atoms with E-state index in [9.17, 15) is 18.0 Å². The summed E-state index contributed by atoms with van der Waals surface area (Å²) >= 11 is 0. The van der Waals surface area contributed by atoms with Gasteiger partial charge in [0.2, 0.25) is 0 Å². The van der Waals surface area contributed by atoms with Crippen molar-refractivity contribution in [1.29, 1.82) is 0 Å². The van der Waals surface area contributed by atoms with E-state index in [-0.39, 0.29) is 11.9 Å². The zero-order chi connectivity index (χ0) is 26.7. The van der Waals surface area contributed by atoms with Crippen LogP contribution in [0.3, 0.4) is 0 Å². The highest BCUT2D eigenvalue weighted by Gasteiger charge is 2.43. The van der Waals surface area contributed by atoms with Crippen molar-refractivity contribution in [2.45, 2.75) is 31.4 Å². The number of rotatable bonds is 7. The van der Waals surface area contributed by atoms with Gasteiger partial charge < -0.3 is 14.4 Å². The number of carbonyl (C=O) groups is 1. The smallest absolute Gasteiger partial charge is 0.411 e. The van der Waals surface area contributed by atoms with Gasteiger partial charge in [-0.1, -0.05) is 36.4 Å². The summed E-state index contributed by atoms with van der Waals surface area (Å²) in [7, 11) is 0. The van der Waals surface area contributed by atoms with Gasteiger partial charge in [-0.2, -0.15) is 0 Å². The van der Waals surface area contributed by atoms with E-state index in [0.29, 0.717) is 43.7 Å². The third-order valence-corrected chi connectivity index (χ3v) is 7.68. The van der Waals surface area contributed by atoms with Gasteiger partial charge in [0, 0.05) is 50.7 Å². The lowest BCUT2D eigenvalue weighted by atomic mass is 9.85. The lowest BCUT2D eigenvalue weighted by molar-refractivity contribution is -0.0726. The third-order valence-electron chi connectivity index (χ3n) is 7.68. The molecular formula is C30H31F3N2O3. The second kappa shape index (κ2) is 11.2. The molecule has 2 unspecified atom stereocenters. The Labute approximate surface area is 220 Å². The zero-order valence-electron chi connectivity index (χ0n) is 21.3. The predicted octanol–water partition coefficient (Wildman–Crippen LogP) is 6.29. The van der Waals surface area contributed by atoms with Crippen LogP contribution in [0.1, 0.15) is 36.9 Å². The van der Waals surface area contributed by atoms with Crippen LogP contribution in [0.15, 0.2) is 66.7 Å². The van der Waals surface area contributed by atoms with Gasteiger partial charge in [0.05, 0.1) is 19.3 Å². The van der Waals surface area contributed by atoms with Gasteiger partial charge in [0.1, 0.15) is 23.1 Å². The van der Waals surface area contributed by atoms with E-state index in [0.717, 1.165) is 36.8 Å². The highest BCUT2D eigenvalue weighted by Crippen LogP contribution is 2.40. The van der Waals surface area contributed by atoms with Gasteiger partial charge >= 0.3 is 6.09 Å². The molecule has 0 N–H and O–H groups in total. The first-order valence-electron chi connectivity index (χ1n) is 13.0. The average molecular weight is 525 g/mol. The summed E-state index contributed by atoms with van der Waals surface area (Å²) in [5, 5.41) is 0. The van der Waals surface area contributed by atoms with Crippen LogP contribution >= 0.6 is 0 Å². The quantitative estimate of drug-likeness (QED) is 0.364. The number of nitrogens with zero attached hydrogens (tertiary/aromatic N) is 2. The number of hydrogen-bond acceptors (Lipinski definition) is 4. The number of cyclic esters (lactones) is 1. The zero-order valence-corrected chi connectivity index (χ0v) is 21.3. The van der Waals surface area contributed by atoms with Crippen molar-refractivity contribution in [1.82, 2.24) is 9.80 Å². The Hall–Kier alpha value is -3.36. The van der Waals surface area contributed by atoms with Crippen LogP contribution in [-0.4, -0.2) is 55.3 Å². The van der Waals surface area contributed by atoms with Crippen molar-refractivity contribution in [3.8, 4) is 11.1 Å². The Balaban J connectivity index is 1.32. The highest BCUT2D eigenvalue weighted by molar-refractivity contribution is 5.70. The molecule has 3 aromatic carbocycles. The molecule has 2 fully saturated rings. The van der Waals surface area contributed by atoms with Crippen molar-refractivity contribution >= 4 is 6.09 Å². The molecule has 200 valence electrons. The fraction of sp³-hybridized carbons (Fsp3) is 0.367. The minimum absolute atomic E-state index is 0.278. The van der Waals surface area contributed by atoms with Gasteiger partial charge in [0.25, 0.3) is 0 Å². The van der Waals surface area contributed by atoms with Crippen LogP contribution < -0.4 is 0 Å². The maximum Gasteiger partial charge on any atom is 0.411 e. The normalized spacial score (nSPS) is 21.3. The fourth-order valence-corrected chi connectivity index (χ4v) is 5.31. The summed E-state index contributed by atoms with van der Waals surface area (Å²) in [5.41, 5.74) is 1.75. The van der Waals surface area contributed by atoms with Gasteiger partial charge in [-0.15, -0.1) is 0 Å². The topological polar surface area (TPSA) is 42.0 Å². The Kier molecular flexibility index (Phi) is 7.72. The van der Waals surface area contributed by atoms with E-state index in [4.69, 9.17) is 9.47 Å². The lowest BCUT2D eigenvalue weighted by Gasteiger charge is -2.44. The molecule has 1 amide bonds. The van der Waals surface area contributed by atoms with Crippen molar-refractivity contribution < 1.29 is 27.4 Å². The summed E-state index contributed by atoms with van der Waals surface area (Å²) in [6, 6.07) is 16.7. The SMILES string of the molecule is CC(c1ccc(-c2ccc(F)cc2F)cc1)N1CCC(CCN2CCOCC2)(c2ccc(F)cc2)OC1=O. The Morgan fingerprint density at radius 2 is 1.58 bits per heavy atom. The van der Waals surface area contributed by atoms with Crippen LogP contribution in [0.4, 0.5) is 18.0 Å². The fourth-order valence-electron chi connectivity index (χ4n) is 5.31. The average Bonchev–Trinajstić information content (AvgIpc) is 2.93. The molecule has 38 heavy (non-hydrogen) atoms. The maximum absolute atomic E-state index is 14.2. The van der Waals surface area contributed by atoms with Gasteiger partial charge in [-0.3, -0.25) is 4.90 Å². The first-order valence-corrected chi connectivity index (χ1v) is 13.0. The molecule has 5 nitrogen and oxygen atoms in total. The minimum Gasteiger partial charge on any atom is -0.438 e. The first kappa shape index (κ1) is 26.3. The second-order valence-electron chi connectivity index (χ2n) is 9.94. The number of halogens is 3. The molecule has 0 saturated carbocycles. The molecule has 0 aliphatic carbocycles. The molecule has 2 aliphatic heterocycles. The van der Waals surface area contributed by atoms with Gasteiger partial charge in [-0.25, -0.2) is 18.0 Å². The van der Waals surface area contributed by atoms with Crippen molar-refractivity contribution in [3.63, 3.8) is 0 Å². The van der Waals surface area contributed by atoms with Gasteiger partial charge in [0.15, 0.2) is 0 Å². The summed E-state index contributed by atoms with van der Waals surface area (Å²) in [4.78, 5) is 17.4. The van der Waals surface area contributed by atoms with Crippen LogP contribution in [0.2, 0.25) is 0 Å². The van der Waals surface area contributed by atoms with E-state index < -0.39 is 23.3 Å². The largest absolute Gasteiger partial charge is 0.438 e. The van der Waals surface area contributed by atoms with Crippen LogP contribution in [0.25, 0.3) is 11.1 Å². The molecular weight excluding hydrogens is 493 g/mol. The molecule has 8 heteroatoms. The van der Waals surface area contributed by atoms with E-state index in [1.165, 1.54) is 24.3 Å². The third kappa shape index (κ3) is 5.56. The van der Waals surface area contributed by atoms with Crippen molar-refractivity contribution in [2.24, 2.45) is 0 Å². The van der Waals surface area contributed by atoms with E-state index in [1.54, 1.807) is 29.2 Å². The van der Waals surface area contributed by atoms with E-state index in [2.05, 4.69) is 4.90 Å². The van der Waals surface area contributed by atoms with Crippen molar-refractivity contribution in [3.05, 3.63) is 95.3 Å². The van der Waals surface area contributed by atoms with Crippen LogP contribution in [0.5, 0.6) is 0 Å². The number of ether oxygens (including phenoxy) is 2. The standard InChI is InChI=1S/C30H31F3N2O3/c1-21(22-2-4-23(5-3-22)27-11-10-26(32)20-28(27)33)35-15-13-30(38-29(35)36,24-6-8-25(31)9-7-24)12-14-34-16-18-37-19-17-34/h2-11,20-21H,12-19H2,1H3. The Bertz CT molecular complexity index is 1260. The highest BCUT2D eigenvalue weighted by atomic mass is 19.1. The molecule has 3 aromatic rings. The second-order valence-corrected chi connectivity index (χ2v) is 9.94. The predicted molar refractivity (Wildman–Crippen MR) is 138 cm³/mol. The van der Waals surface area contributed by atoms with Crippen molar-refractivity contribution in [2.75, 3.05) is 39.4 Å². The Morgan fingerprint density at radius 3 is 2.24 bits per heavy atom. The first-order chi connectivity index (χ1) is 18.3. The van der Waals surface area contributed by atoms with Gasteiger partial charge in [-0.05, 0) is 47.9 Å². The minimum atomic E-state index is -0.844. The lowest BCUT2D eigenvalue weighted by Crippen LogP contribution is -2.50. The van der Waals surface area contributed by atoms with E-state index in [1.807, 2.05) is 19.1 Å². The maximum atomic E-state index is 14.2. The summed E-state index contributed by atoms with van der Waals surface area (Å²) < 4.78 is 52.8. The molecule has 2 saturated heterocycles. The number of morpholine rings is 1. The summed E-state index contributed by atoms with van der Waals surface area (Å²) in [6.45, 7) is 6.15. The number of hydrogen-bond donors (Lipinski definition) is 0. The number of amides is 1. The molecule has 0 spiro atoms. The molecule has 0 aromatic heterocycles. The molecule has 0 bridgehead atoms.